The highest BCUT2D eigenvalue weighted by molar-refractivity contribution is 7.89. The van der Waals surface area contributed by atoms with Crippen LogP contribution in [0.15, 0.2) is 34.3 Å². The fraction of sp³-hybridized carbons (Fsp3) is 0.312. The molecule has 152 valence electrons. The van der Waals surface area contributed by atoms with Crippen molar-refractivity contribution in [1.29, 1.82) is 0 Å². The molecule has 0 saturated heterocycles. The summed E-state index contributed by atoms with van der Waals surface area (Å²) in [6.07, 6.45) is 0.105. The Balaban J connectivity index is 1.85. The van der Waals surface area contributed by atoms with Gasteiger partial charge in [0.1, 0.15) is 10.7 Å². The third-order valence-corrected chi connectivity index (χ3v) is 5.95. The molecule has 0 radical (unpaired) electrons. The smallest absolute Gasteiger partial charge is 0.251 e. The van der Waals surface area contributed by atoms with E-state index in [9.17, 15) is 26.0 Å². The minimum atomic E-state index is -4.04. The van der Waals surface area contributed by atoms with E-state index < -0.39 is 51.5 Å². The second-order valence-corrected chi connectivity index (χ2v) is 8.60. The molecule has 2 aromatic rings. The normalized spacial score (nSPS) is 17.6. The zero-order valence-corrected chi connectivity index (χ0v) is 16.0. The van der Waals surface area contributed by atoms with Gasteiger partial charge in [-0.1, -0.05) is 11.6 Å². The van der Waals surface area contributed by atoms with E-state index in [0.717, 1.165) is 12.1 Å². The molecule has 0 unspecified atom stereocenters. The number of aryl methyl sites for hydroxylation is 1. The van der Waals surface area contributed by atoms with Crippen LogP contribution in [0.5, 0.6) is 0 Å². The molecular formula is C16H15ClF4N4O2S. The zero-order chi connectivity index (χ0) is 20.9. The third-order valence-electron chi connectivity index (χ3n) is 4.18. The van der Waals surface area contributed by atoms with Gasteiger partial charge in [-0.15, -0.1) is 0 Å². The summed E-state index contributed by atoms with van der Waals surface area (Å²) >= 11 is 5.56. The van der Waals surface area contributed by atoms with Crippen molar-refractivity contribution in [3.8, 4) is 0 Å². The van der Waals surface area contributed by atoms with Crippen molar-refractivity contribution in [3.63, 3.8) is 0 Å². The van der Waals surface area contributed by atoms with E-state index in [1.165, 1.54) is 23.9 Å². The fourth-order valence-corrected chi connectivity index (χ4v) is 4.28. The van der Waals surface area contributed by atoms with Crippen molar-refractivity contribution in [1.82, 2.24) is 9.29 Å². The predicted octanol–water partition coefficient (Wildman–Crippen LogP) is 3.07. The van der Waals surface area contributed by atoms with Gasteiger partial charge in [0, 0.05) is 38.2 Å². The molecule has 1 saturated carbocycles. The Kier molecular flexibility index (Phi) is 5.19. The van der Waals surface area contributed by atoms with E-state index in [-0.39, 0.29) is 22.1 Å². The lowest BCUT2D eigenvalue weighted by Gasteiger charge is -2.34. The molecule has 1 aromatic heterocycles. The first-order valence-electron chi connectivity index (χ1n) is 7.93. The van der Waals surface area contributed by atoms with Gasteiger partial charge in [-0.05, 0) is 12.1 Å². The summed E-state index contributed by atoms with van der Waals surface area (Å²) in [5.41, 5.74) is 5.95. The Morgan fingerprint density at radius 2 is 1.96 bits per heavy atom. The number of nitrogens with two attached hydrogens (primary N) is 1. The summed E-state index contributed by atoms with van der Waals surface area (Å²) in [7, 11) is -2.55. The van der Waals surface area contributed by atoms with Crippen LogP contribution in [0.1, 0.15) is 18.5 Å². The number of hydrogen-bond donors (Lipinski definition) is 2. The Bertz CT molecular complexity index is 1040. The van der Waals surface area contributed by atoms with Crippen LogP contribution in [0, 0.1) is 11.6 Å². The SMILES string of the molecule is Cn1cc(S(=O)(=O)NC2CC(F)(F)C2)cc1C(N)=Nc1cc(F)c(F)c(Cl)c1. The van der Waals surface area contributed by atoms with Crippen LogP contribution in [-0.4, -0.2) is 30.8 Å². The molecule has 28 heavy (non-hydrogen) atoms. The molecule has 1 fully saturated rings. The lowest BCUT2D eigenvalue weighted by Crippen LogP contribution is -2.50. The van der Waals surface area contributed by atoms with Gasteiger partial charge in [0.2, 0.25) is 10.0 Å². The van der Waals surface area contributed by atoms with Gasteiger partial charge in [-0.3, -0.25) is 0 Å². The molecular weight excluding hydrogens is 424 g/mol. The molecule has 3 rings (SSSR count). The summed E-state index contributed by atoms with van der Waals surface area (Å²) in [6.45, 7) is 0. The first-order chi connectivity index (χ1) is 12.9. The van der Waals surface area contributed by atoms with E-state index in [0.29, 0.717) is 0 Å². The van der Waals surface area contributed by atoms with Crippen LogP contribution in [0.2, 0.25) is 5.02 Å². The number of hydrogen-bond acceptors (Lipinski definition) is 3. The quantitative estimate of drug-likeness (QED) is 0.325. The first kappa shape index (κ1) is 20.6. The van der Waals surface area contributed by atoms with Crippen molar-refractivity contribution in [3.05, 3.63) is 46.7 Å². The highest BCUT2D eigenvalue weighted by Crippen LogP contribution is 2.38. The van der Waals surface area contributed by atoms with Gasteiger partial charge in [-0.25, -0.2) is 35.7 Å². The number of alkyl halides is 2. The molecule has 3 N–H and O–H groups in total. The van der Waals surface area contributed by atoms with Crippen LogP contribution >= 0.6 is 11.6 Å². The summed E-state index contributed by atoms with van der Waals surface area (Å²) in [6, 6.07) is 2.19. The number of nitrogens with one attached hydrogen (secondary N) is 1. The molecule has 1 aliphatic carbocycles. The van der Waals surface area contributed by atoms with E-state index in [1.54, 1.807) is 0 Å². The largest absolute Gasteiger partial charge is 0.382 e. The third kappa shape index (κ3) is 4.15. The van der Waals surface area contributed by atoms with Crippen LogP contribution in [-0.2, 0) is 17.1 Å². The highest BCUT2D eigenvalue weighted by Gasteiger charge is 2.47. The van der Waals surface area contributed by atoms with Crippen LogP contribution in [0.4, 0.5) is 23.2 Å². The second-order valence-electron chi connectivity index (χ2n) is 6.47. The van der Waals surface area contributed by atoms with Crippen molar-refractivity contribution in [2.75, 3.05) is 0 Å². The van der Waals surface area contributed by atoms with Crippen molar-refractivity contribution < 1.29 is 26.0 Å². The molecule has 12 heteroatoms. The Morgan fingerprint density at radius 3 is 2.54 bits per heavy atom. The van der Waals surface area contributed by atoms with Crippen molar-refractivity contribution in [2.24, 2.45) is 17.8 Å². The molecule has 1 heterocycles. The monoisotopic (exact) mass is 438 g/mol. The molecule has 1 aromatic carbocycles. The highest BCUT2D eigenvalue weighted by atomic mass is 35.5. The van der Waals surface area contributed by atoms with Crippen molar-refractivity contribution in [2.45, 2.75) is 29.7 Å². The average Bonchev–Trinajstić information content (AvgIpc) is 2.93. The molecule has 0 atom stereocenters. The summed E-state index contributed by atoms with van der Waals surface area (Å²) in [5.74, 6) is -5.48. The lowest BCUT2D eigenvalue weighted by atomic mass is 9.89. The molecule has 1 aliphatic rings. The van der Waals surface area contributed by atoms with Gasteiger partial charge in [-0.2, -0.15) is 0 Å². The maximum Gasteiger partial charge on any atom is 0.251 e. The van der Waals surface area contributed by atoms with Crippen LogP contribution in [0.3, 0.4) is 0 Å². The van der Waals surface area contributed by atoms with E-state index in [4.69, 9.17) is 17.3 Å². The van der Waals surface area contributed by atoms with E-state index >= 15 is 0 Å². The predicted molar refractivity (Wildman–Crippen MR) is 95.5 cm³/mol. The number of amidine groups is 1. The maximum atomic E-state index is 13.4. The van der Waals surface area contributed by atoms with E-state index in [1.807, 2.05) is 0 Å². The van der Waals surface area contributed by atoms with Gasteiger partial charge >= 0.3 is 0 Å². The summed E-state index contributed by atoms with van der Waals surface area (Å²) < 4.78 is 80.8. The molecule has 0 bridgehead atoms. The van der Waals surface area contributed by atoms with E-state index in [2.05, 4.69) is 9.71 Å². The second kappa shape index (κ2) is 7.05. The number of sulfonamides is 1. The first-order valence-corrected chi connectivity index (χ1v) is 9.80. The molecule has 0 spiro atoms. The van der Waals surface area contributed by atoms with Gasteiger partial charge in [0.05, 0.1) is 16.4 Å². The Morgan fingerprint density at radius 1 is 1.32 bits per heavy atom. The van der Waals surface area contributed by atoms with Gasteiger partial charge < -0.3 is 10.3 Å². The Hall–Kier alpha value is -2.11. The fourth-order valence-electron chi connectivity index (χ4n) is 2.77. The number of halogens is 5. The number of aliphatic imine (C=N–C) groups is 1. The average molecular weight is 439 g/mol. The van der Waals surface area contributed by atoms with Crippen LogP contribution in [0.25, 0.3) is 0 Å². The molecule has 0 amide bonds. The minimum absolute atomic E-state index is 0.0677. The van der Waals surface area contributed by atoms with Gasteiger partial charge in [0.25, 0.3) is 5.92 Å². The van der Waals surface area contributed by atoms with Crippen LogP contribution < -0.4 is 10.5 Å². The number of nitrogens with zero attached hydrogens (tertiary/aromatic N) is 2. The van der Waals surface area contributed by atoms with Gasteiger partial charge in [0.15, 0.2) is 11.6 Å². The molecule has 0 aliphatic heterocycles. The van der Waals surface area contributed by atoms with Crippen molar-refractivity contribution >= 4 is 33.1 Å². The number of aromatic nitrogens is 1. The summed E-state index contributed by atoms with van der Waals surface area (Å²) in [5, 5.41) is -0.483. The number of rotatable bonds is 5. The lowest BCUT2D eigenvalue weighted by molar-refractivity contribution is -0.0876. The summed E-state index contributed by atoms with van der Waals surface area (Å²) in [4.78, 5) is 3.73. The molecule has 6 nitrogen and oxygen atoms in total. The standard InChI is InChI=1S/C16H15ClF4N4O2S/c1-25-7-10(28(26,27)24-9-5-16(20,21)6-9)4-13(25)15(22)23-8-2-11(17)14(19)12(18)3-8/h2-4,7,9,24H,5-6H2,1H3,(H2,22,23). The number of benzene rings is 1. The maximum absolute atomic E-state index is 13.4. The topological polar surface area (TPSA) is 89.5 Å². The minimum Gasteiger partial charge on any atom is -0.382 e. The Labute approximate surface area is 163 Å². The zero-order valence-electron chi connectivity index (χ0n) is 14.4.